The average molecular weight is 389 g/mol. The number of hydrogen-bond acceptors (Lipinski definition) is 3. The van der Waals surface area contributed by atoms with Crippen molar-refractivity contribution in [1.82, 2.24) is 0 Å². The van der Waals surface area contributed by atoms with Gasteiger partial charge in [0.2, 0.25) is 0 Å². The van der Waals surface area contributed by atoms with Gasteiger partial charge in [-0.2, -0.15) is 0 Å². The highest BCUT2D eigenvalue weighted by molar-refractivity contribution is 5.93. The van der Waals surface area contributed by atoms with Gasteiger partial charge in [0.05, 0.1) is 12.3 Å². The van der Waals surface area contributed by atoms with Gasteiger partial charge in [-0.1, -0.05) is 68.4 Å². The number of anilines is 1. The average Bonchev–Trinajstić information content (AvgIpc) is 2.75. The zero-order chi connectivity index (χ0) is 20.7. The van der Waals surface area contributed by atoms with E-state index in [4.69, 9.17) is 9.47 Å². The van der Waals surface area contributed by atoms with E-state index in [9.17, 15) is 4.79 Å². The first-order valence-electron chi connectivity index (χ1n) is 9.81. The van der Waals surface area contributed by atoms with Crippen molar-refractivity contribution < 1.29 is 14.3 Å². The Kier molecular flexibility index (Phi) is 6.55. The number of amides is 1. The molecule has 3 rings (SSSR count). The first-order chi connectivity index (χ1) is 14.0. The second-order valence-corrected chi connectivity index (χ2v) is 7.28. The Morgan fingerprint density at radius 3 is 2.14 bits per heavy atom. The van der Waals surface area contributed by atoms with E-state index < -0.39 is 0 Å². The normalized spacial score (nSPS) is 11.0. The van der Waals surface area contributed by atoms with Crippen LogP contribution in [0.25, 0.3) is 0 Å². The summed E-state index contributed by atoms with van der Waals surface area (Å²) in [5.74, 6) is 1.08. The molecular weight excluding hydrogens is 362 g/mol. The van der Waals surface area contributed by atoms with E-state index in [1.165, 1.54) is 11.1 Å². The summed E-state index contributed by atoms with van der Waals surface area (Å²) < 4.78 is 11.2. The predicted molar refractivity (Wildman–Crippen MR) is 117 cm³/mol. The summed E-state index contributed by atoms with van der Waals surface area (Å²) in [5.41, 5.74) is 2.97. The summed E-state index contributed by atoms with van der Waals surface area (Å²) in [5, 5.41) is 2.83. The number of para-hydroxylation sites is 2. The molecule has 0 heterocycles. The highest BCUT2D eigenvalue weighted by Gasteiger charge is 2.22. The van der Waals surface area contributed by atoms with E-state index in [0.717, 1.165) is 0 Å². The zero-order valence-corrected chi connectivity index (χ0v) is 17.1. The van der Waals surface area contributed by atoms with Gasteiger partial charge in [-0.25, -0.2) is 0 Å². The fraction of sp³-hybridized carbons (Fsp3) is 0.240. The van der Waals surface area contributed by atoms with E-state index in [1.807, 2.05) is 61.5 Å². The molecule has 4 heteroatoms. The maximum absolute atomic E-state index is 12.3. The van der Waals surface area contributed by atoms with E-state index in [0.29, 0.717) is 23.8 Å². The van der Waals surface area contributed by atoms with E-state index in [1.54, 1.807) is 0 Å². The summed E-state index contributed by atoms with van der Waals surface area (Å²) in [7, 11) is 0. The summed E-state index contributed by atoms with van der Waals surface area (Å²) in [6, 6.07) is 25.7. The van der Waals surface area contributed by atoms with Crippen molar-refractivity contribution in [1.29, 1.82) is 0 Å². The molecule has 0 radical (unpaired) electrons. The largest absolute Gasteiger partial charge is 0.492 e. The third-order valence-electron chi connectivity index (χ3n) is 4.90. The van der Waals surface area contributed by atoms with Gasteiger partial charge in [0.1, 0.15) is 11.5 Å². The van der Waals surface area contributed by atoms with Gasteiger partial charge in [-0.15, -0.1) is 0 Å². The SMILES string of the molecule is CCOc1ccccc1NC(=O)COc1ccc(C(C)(C)c2ccccc2)cc1. The summed E-state index contributed by atoms with van der Waals surface area (Å²) in [4.78, 5) is 12.3. The molecule has 0 fully saturated rings. The molecule has 3 aromatic rings. The second-order valence-electron chi connectivity index (χ2n) is 7.28. The van der Waals surface area contributed by atoms with Gasteiger partial charge in [-0.3, -0.25) is 4.79 Å². The number of rotatable bonds is 8. The number of nitrogens with one attached hydrogen (secondary N) is 1. The Balaban J connectivity index is 1.60. The highest BCUT2D eigenvalue weighted by Crippen LogP contribution is 2.32. The maximum atomic E-state index is 12.3. The van der Waals surface area contributed by atoms with Crippen LogP contribution in [-0.2, 0) is 10.2 Å². The first-order valence-corrected chi connectivity index (χ1v) is 9.81. The molecule has 0 aromatic heterocycles. The minimum atomic E-state index is -0.231. The van der Waals surface area contributed by atoms with Crippen LogP contribution in [0.15, 0.2) is 78.9 Å². The number of benzene rings is 3. The first kappa shape index (κ1) is 20.5. The van der Waals surface area contributed by atoms with Crippen molar-refractivity contribution in [2.75, 3.05) is 18.5 Å². The smallest absolute Gasteiger partial charge is 0.262 e. The quantitative estimate of drug-likeness (QED) is 0.559. The van der Waals surface area contributed by atoms with E-state index in [2.05, 4.69) is 43.4 Å². The molecule has 0 saturated heterocycles. The monoisotopic (exact) mass is 389 g/mol. The third-order valence-corrected chi connectivity index (χ3v) is 4.90. The molecular formula is C25H27NO3. The molecule has 0 unspecified atom stereocenters. The Morgan fingerprint density at radius 2 is 1.45 bits per heavy atom. The standard InChI is InChI=1S/C25H27NO3/c1-4-28-23-13-9-8-12-22(23)26-24(27)18-29-21-16-14-20(15-17-21)25(2,3)19-10-6-5-7-11-19/h5-17H,4,18H2,1-3H3,(H,26,27). The van der Waals surface area contributed by atoms with Crippen LogP contribution in [-0.4, -0.2) is 19.1 Å². The predicted octanol–water partition coefficient (Wildman–Crippen LogP) is 5.43. The molecule has 0 spiro atoms. The minimum Gasteiger partial charge on any atom is -0.492 e. The molecule has 0 atom stereocenters. The Morgan fingerprint density at radius 1 is 0.828 bits per heavy atom. The second kappa shape index (κ2) is 9.28. The number of carbonyl (C=O) groups excluding carboxylic acids is 1. The van der Waals surface area contributed by atoms with Gasteiger partial charge < -0.3 is 14.8 Å². The Bertz CT molecular complexity index is 934. The summed E-state index contributed by atoms with van der Waals surface area (Å²) >= 11 is 0. The molecule has 150 valence electrons. The molecule has 0 aliphatic heterocycles. The fourth-order valence-corrected chi connectivity index (χ4v) is 3.18. The Hall–Kier alpha value is -3.27. The number of ether oxygens (including phenoxy) is 2. The van der Waals surface area contributed by atoms with Crippen molar-refractivity contribution in [2.24, 2.45) is 0 Å². The summed E-state index contributed by atoms with van der Waals surface area (Å²) in [6.07, 6.45) is 0. The van der Waals surface area contributed by atoms with Gasteiger partial charge in [0, 0.05) is 5.41 Å². The van der Waals surface area contributed by atoms with Crippen molar-refractivity contribution in [2.45, 2.75) is 26.2 Å². The molecule has 4 nitrogen and oxygen atoms in total. The lowest BCUT2D eigenvalue weighted by Crippen LogP contribution is -2.21. The molecule has 3 aromatic carbocycles. The Labute approximate surface area is 172 Å². The third kappa shape index (κ3) is 5.17. The van der Waals surface area contributed by atoms with Crippen molar-refractivity contribution >= 4 is 11.6 Å². The maximum Gasteiger partial charge on any atom is 0.262 e. The molecule has 0 aliphatic carbocycles. The van der Waals surface area contributed by atoms with Crippen molar-refractivity contribution in [3.05, 3.63) is 90.0 Å². The van der Waals surface area contributed by atoms with E-state index >= 15 is 0 Å². The van der Waals surface area contributed by atoms with Crippen LogP contribution in [0, 0.1) is 0 Å². The van der Waals surface area contributed by atoms with Crippen LogP contribution in [0.4, 0.5) is 5.69 Å². The molecule has 0 saturated carbocycles. The van der Waals surface area contributed by atoms with Crippen LogP contribution >= 0.6 is 0 Å². The molecule has 0 bridgehead atoms. The van der Waals surface area contributed by atoms with Crippen LogP contribution in [0.1, 0.15) is 31.9 Å². The molecule has 29 heavy (non-hydrogen) atoms. The zero-order valence-electron chi connectivity index (χ0n) is 17.1. The molecule has 1 amide bonds. The van der Waals surface area contributed by atoms with Crippen LogP contribution in [0.2, 0.25) is 0 Å². The van der Waals surface area contributed by atoms with Crippen LogP contribution in [0.5, 0.6) is 11.5 Å². The summed E-state index contributed by atoms with van der Waals surface area (Å²) in [6.45, 7) is 6.77. The van der Waals surface area contributed by atoms with Crippen LogP contribution in [0.3, 0.4) is 0 Å². The number of hydrogen-bond donors (Lipinski definition) is 1. The molecule has 1 N–H and O–H groups in total. The van der Waals surface area contributed by atoms with Gasteiger partial charge in [-0.05, 0) is 42.3 Å². The minimum absolute atomic E-state index is 0.0676. The van der Waals surface area contributed by atoms with Crippen molar-refractivity contribution in [3.8, 4) is 11.5 Å². The highest BCUT2D eigenvalue weighted by atomic mass is 16.5. The fourth-order valence-electron chi connectivity index (χ4n) is 3.18. The molecule has 0 aliphatic rings. The van der Waals surface area contributed by atoms with Crippen molar-refractivity contribution in [3.63, 3.8) is 0 Å². The van der Waals surface area contributed by atoms with E-state index in [-0.39, 0.29) is 17.9 Å². The van der Waals surface area contributed by atoms with Gasteiger partial charge in [0.25, 0.3) is 5.91 Å². The lowest BCUT2D eigenvalue weighted by atomic mass is 9.78. The lowest BCUT2D eigenvalue weighted by molar-refractivity contribution is -0.118. The number of carbonyl (C=O) groups is 1. The van der Waals surface area contributed by atoms with Gasteiger partial charge >= 0.3 is 0 Å². The van der Waals surface area contributed by atoms with Crippen LogP contribution < -0.4 is 14.8 Å². The topological polar surface area (TPSA) is 47.6 Å². The lowest BCUT2D eigenvalue weighted by Gasteiger charge is -2.26. The van der Waals surface area contributed by atoms with Gasteiger partial charge in [0.15, 0.2) is 6.61 Å².